The van der Waals surface area contributed by atoms with Crippen molar-refractivity contribution < 1.29 is 19.0 Å². The molecule has 2 N–H and O–H groups in total. The van der Waals surface area contributed by atoms with E-state index in [0.717, 1.165) is 35.1 Å². The summed E-state index contributed by atoms with van der Waals surface area (Å²) in [6.07, 6.45) is 6.68. The standard InChI is InChI=1S/C15H15Cl2N2O2P.C15H21FO/c1-18-10-2-3-12(13(22)5-10)21-15(7-20-8-15)14-11(17)4-9(16)6-19-14;1-4-5-6-7-13-8-10-14(11-9-13)15(3,16)12(2)17/h2-6,18H,7-8,22H2,1H3;5-6,8-12,17H,4,7H2,1-3H3/b;6-5+. The van der Waals surface area contributed by atoms with E-state index in [9.17, 15) is 9.50 Å². The van der Waals surface area contributed by atoms with Crippen LogP contribution >= 0.6 is 32.4 Å². The van der Waals surface area contributed by atoms with E-state index in [1.165, 1.54) is 13.8 Å². The Morgan fingerprint density at radius 1 is 1.21 bits per heavy atom. The number of pyridine rings is 1. The Morgan fingerprint density at radius 3 is 2.41 bits per heavy atom. The number of anilines is 1. The number of allylic oxidation sites excluding steroid dienone is 2. The van der Waals surface area contributed by atoms with Gasteiger partial charge in [0.25, 0.3) is 0 Å². The topological polar surface area (TPSA) is 63.6 Å². The van der Waals surface area contributed by atoms with Gasteiger partial charge >= 0.3 is 0 Å². The Bertz CT molecular complexity index is 1270. The Hall–Kier alpha value is -2.21. The van der Waals surface area contributed by atoms with E-state index in [1.54, 1.807) is 24.4 Å². The number of aliphatic hydroxyl groups excluding tert-OH is 1. The second-order valence-corrected chi connectivity index (χ2v) is 11.1. The van der Waals surface area contributed by atoms with Gasteiger partial charge in [0.15, 0.2) is 11.3 Å². The molecule has 2 heterocycles. The molecule has 0 saturated carbocycles. The third-order valence-corrected chi connectivity index (χ3v) is 7.52. The van der Waals surface area contributed by atoms with E-state index >= 15 is 0 Å². The molecule has 5 nitrogen and oxygen atoms in total. The quantitative estimate of drug-likeness (QED) is 0.207. The number of benzene rings is 2. The van der Waals surface area contributed by atoms with Gasteiger partial charge in [0, 0.05) is 24.2 Å². The second kappa shape index (κ2) is 13.9. The highest BCUT2D eigenvalue weighted by atomic mass is 35.5. The van der Waals surface area contributed by atoms with Crippen molar-refractivity contribution in [2.45, 2.75) is 51.0 Å². The van der Waals surface area contributed by atoms with Crippen molar-refractivity contribution in [3.63, 3.8) is 0 Å². The van der Waals surface area contributed by atoms with Crippen LogP contribution in [0.25, 0.3) is 0 Å². The number of halogens is 3. The molecule has 1 aliphatic rings. The van der Waals surface area contributed by atoms with Gasteiger partial charge in [0.2, 0.25) is 0 Å². The molecular weight excluding hydrogens is 557 g/mol. The summed E-state index contributed by atoms with van der Waals surface area (Å²) in [7, 11) is 4.55. The van der Waals surface area contributed by atoms with Gasteiger partial charge in [-0.3, -0.25) is 4.98 Å². The second-order valence-electron chi connectivity index (χ2n) is 9.61. The van der Waals surface area contributed by atoms with E-state index in [1.807, 2.05) is 37.4 Å². The number of hydrogen-bond acceptors (Lipinski definition) is 5. The zero-order chi connectivity index (χ0) is 28.6. The molecule has 3 atom stereocenters. The van der Waals surface area contributed by atoms with E-state index < -0.39 is 17.4 Å². The predicted molar refractivity (Wildman–Crippen MR) is 162 cm³/mol. The number of rotatable bonds is 9. The molecule has 0 amide bonds. The Kier molecular flexibility index (Phi) is 11.2. The minimum atomic E-state index is -1.68. The van der Waals surface area contributed by atoms with Crippen molar-refractivity contribution in [2.75, 3.05) is 25.6 Å². The van der Waals surface area contributed by atoms with E-state index in [4.69, 9.17) is 32.7 Å². The number of hydrogen-bond donors (Lipinski definition) is 2. The molecule has 0 radical (unpaired) electrons. The number of aromatic nitrogens is 1. The largest absolute Gasteiger partial charge is 0.475 e. The van der Waals surface area contributed by atoms with Gasteiger partial charge in [-0.15, -0.1) is 9.24 Å². The van der Waals surface area contributed by atoms with Gasteiger partial charge in [-0.05, 0) is 62.1 Å². The molecule has 1 saturated heterocycles. The minimum absolute atomic E-state index is 0.402. The van der Waals surface area contributed by atoms with Crippen molar-refractivity contribution in [3.05, 3.63) is 93.7 Å². The summed E-state index contributed by atoms with van der Waals surface area (Å²) < 4.78 is 25.7. The van der Waals surface area contributed by atoms with Crippen LogP contribution in [-0.2, 0) is 22.4 Å². The van der Waals surface area contributed by atoms with Gasteiger partial charge in [-0.25, -0.2) is 4.39 Å². The normalized spacial score (nSPS) is 16.4. The van der Waals surface area contributed by atoms with E-state index in [-0.39, 0.29) is 0 Å². The number of nitrogens with zero attached hydrogens (tertiary/aromatic N) is 1. The zero-order valence-corrected chi connectivity index (χ0v) is 25.3. The van der Waals surface area contributed by atoms with E-state index in [2.05, 4.69) is 38.6 Å². The molecule has 39 heavy (non-hydrogen) atoms. The third-order valence-electron chi connectivity index (χ3n) is 6.57. The lowest BCUT2D eigenvalue weighted by Crippen LogP contribution is -2.52. The van der Waals surface area contributed by atoms with Crippen molar-refractivity contribution in [1.82, 2.24) is 4.98 Å². The molecule has 1 fully saturated rings. The maximum absolute atomic E-state index is 14.1. The zero-order valence-electron chi connectivity index (χ0n) is 22.7. The molecular formula is C30H36Cl2FN2O3P. The molecule has 0 aliphatic carbocycles. The Balaban J connectivity index is 0.000000224. The highest BCUT2D eigenvalue weighted by molar-refractivity contribution is 7.27. The maximum Gasteiger partial charge on any atom is 0.198 e. The summed E-state index contributed by atoms with van der Waals surface area (Å²) in [6.45, 7) is 5.77. The molecule has 3 aromatic rings. The van der Waals surface area contributed by atoms with Gasteiger partial charge in [-0.2, -0.15) is 0 Å². The van der Waals surface area contributed by atoms with Crippen LogP contribution in [0.5, 0.6) is 5.75 Å². The summed E-state index contributed by atoms with van der Waals surface area (Å²) in [4.78, 5) is 4.34. The summed E-state index contributed by atoms with van der Waals surface area (Å²) in [5.41, 5.74) is 0.979. The van der Waals surface area contributed by atoms with Crippen LogP contribution in [0.1, 0.15) is 44.0 Å². The molecule has 0 spiro atoms. The summed E-state index contributed by atoms with van der Waals surface area (Å²) >= 11 is 12.2. The van der Waals surface area contributed by atoms with Crippen LogP contribution < -0.4 is 15.4 Å². The molecule has 210 valence electrons. The fourth-order valence-electron chi connectivity index (χ4n) is 3.88. The molecule has 3 unspecified atom stereocenters. The molecule has 9 heteroatoms. The fraction of sp³-hybridized carbons (Fsp3) is 0.367. The van der Waals surface area contributed by atoms with E-state index in [0.29, 0.717) is 34.5 Å². The average molecular weight is 594 g/mol. The lowest BCUT2D eigenvalue weighted by atomic mass is 9.92. The van der Waals surface area contributed by atoms with Crippen LogP contribution in [-0.4, -0.2) is 36.5 Å². The van der Waals surface area contributed by atoms with Crippen molar-refractivity contribution in [1.29, 1.82) is 0 Å². The van der Waals surface area contributed by atoms with Crippen molar-refractivity contribution >= 4 is 43.4 Å². The van der Waals surface area contributed by atoms with Gasteiger partial charge in [0.05, 0.1) is 29.4 Å². The van der Waals surface area contributed by atoms with Gasteiger partial charge in [0.1, 0.15) is 11.4 Å². The summed E-state index contributed by atoms with van der Waals surface area (Å²) in [5.74, 6) is 0.750. The first kappa shape index (κ1) is 31.3. The predicted octanol–water partition coefficient (Wildman–Crippen LogP) is 7.00. The van der Waals surface area contributed by atoms with Gasteiger partial charge < -0.3 is 19.9 Å². The summed E-state index contributed by atoms with van der Waals surface area (Å²) in [5, 5.41) is 14.4. The van der Waals surface area contributed by atoms with Crippen LogP contribution in [0.4, 0.5) is 10.1 Å². The highest BCUT2D eigenvalue weighted by Crippen LogP contribution is 2.38. The molecule has 2 aromatic carbocycles. The van der Waals surface area contributed by atoms with Gasteiger partial charge in [-0.1, -0.05) is 66.5 Å². The Labute approximate surface area is 242 Å². The molecule has 1 aromatic heterocycles. The van der Waals surface area contributed by atoms with Crippen molar-refractivity contribution in [3.8, 4) is 5.75 Å². The molecule has 1 aliphatic heterocycles. The number of aliphatic hydroxyl groups is 1. The average Bonchev–Trinajstić information content (AvgIpc) is 2.88. The number of nitrogens with one attached hydrogen (secondary N) is 1. The minimum Gasteiger partial charge on any atom is -0.475 e. The van der Waals surface area contributed by atoms with Crippen LogP contribution in [0.3, 0.4) is 0 Å². The summed E-state index contributed by atoms with van der Waals surface area (Å²) in [6, 6.07) is 14.9. The smallest absolute Gasteiger partial charge is 0.198 e. The first-order valence-corrected chi connectivity index (χ1v) is 14.1. The Morgan fingerprint density at radius 2 is 1.90 bits per heavy atom. The lowest BCUT2D eigenvalue weighted by molar-refractivity contribution is -0.169. The highest BCUT2D eigenvalue weighted by Gasteiger charge is 2.46. The fourth-order valence-corrected chi connectivity index (χ4v) is 4.77. The van der Waals surface area contributed by atoms with Crippen LogP contribution in [0.2, 0.25) is 10.0 Å². The number of ether oxygens (including phenoxy) is 2. The van der Waals surface area contributed by atoms with Crippen LogP contribution in [0.15, 0.2) is 66.9 Å². The first-order valence-electron chi connectivity index (χ1n) is 12.8. The molecule has 0 bridgehead atoms. The SMILES string of the molecule is CC/C=C/Cc1ccc(C(C)(F)C(C)O)cc1.CNc1ccc(OC2(c3ncc(Cl)cc3Cl)COC2)c(P)c1. The lowest BCUT2D eigenvalue weighted by Gasteiger charge is -2.41. The van der Waals surface area contributed by atoms with Crippen LogP contribution in [0, 0.1) is 0 Å². The van der Waals surface area contributed by atoms with Crippen molar-refractivity contribution in [2.24, 2.45) is 0 Å². The maximum atomic E-state index is 14.1. The monoisotopic (exact) mass is 592 g/mol. The molecule has 4 rings (SSSR count). The first-order chi connectivity index (χ1) is 18.5. The number of alkyl halides is 1. The third kappa shape index (κ3) is 7.93.